The van der Waals surface area contributed by atoms with Gasteiger partial charge < -0.3 is 14.5 Å². The molecule has 212 valence electrons. The molecule has 1 spiro atoms. The van der Waals surface area contributed by atoms with Crippen molar-refractivity contribution in [1.82, 2.24) is 9.97 Å². The minimum atomic E-state index is -0.350. The molecular weight excluding hydrogens is 522 g/mol. The fraction of sp³-hybridized carbons (Fsp3) is 0.371. The molecule has 4 heterocycles. The van der Waals surface area contributed by atoms with Crippen LogP contribution in [0.4, 0.5) is 17.2 Å². The van der Waals surface area contributed by atoms with Crippen LogP contribution in [-0.4, -0.2) is 49.2 Å². The number of rotatable bonds is 5. The first-order valence-corrected chi connectivity index (χ1v) is 15.0. The largest absolute Gasteiger partial charge is 0.465 e. The quantitative estimate of drug-likeness (QED) is 0.188. The second-order valence-electron chi connectivity index (χ2n) is 12.1. The molecule has 4 aromatic rings. The highest BCUT2D eigenvalue weighted by Gasteiger charge is 2.39. The highest BCUT2D eigenvalue weighted by molar-refractivity contribution is 5.98. The molecule has 0 N–H and O–H groups in total. The zero-order chi connectivity index (χ0) is 28.7. The van der Waals surface area contributed by atoms with E-state index in [0.717, 1.165) is 48.6 Å². The normalized spacial score (nSPS) is 18.2. The lowest BCUT2D eigenvalue weighted by atomic mass is 9.71. The molecule has 2 saturated heterocycles. The summed E-state index contributed by atoms with van der Waals surface area (Å²) in [6, 6.07) is 18.2. The van der Waals surface area contributed by atoms with Gasteiger partial charge in [-0.05, 0) is 73.1 Å². The second kappa shape index (κ2) is 10.8. The molecule has 2 aromatic heterocycles. The Kier molecular flexibility index (Phi) is 6.78. The van der Waals surface area contributed by atoms with Gasteiger partial charge in [-0.2, -0.15) is 0 Å². The molecule has 42 heavy (non-hydrogen) atoms. The topological polar surface area (TPSA) is 62.9 Å². The SMILES string of the molecule is [C-]#[N+]c1ccc(-c2cccc3c(C4CC4)c(N4CCC5(CCN(c6ccc(C(=O)OC)cn6)CC5)CC4)cnc23)cc1. The number of aromatic nitrogens is 2. The van der Waals surface area contributed by atoms with Crippen LogP contribution in [0, 0.1) is 12.0 Å². The van der Waals surface area contributed by atoms with Crippen molar-refractivity contribution in [3.63, 3.8) is 0 Å². The molecule has 2 aromatic carbocycles. The van der Waals surface area contributed by atoms with E-state index < -0.39 is 0 Å². The van der Waals surface area contributed by atoms with E-state index >= 15 is 0 Å². The van der Waals surface area contributed by atoms with Gasteiger partial charge in [0.15, 0.2) is 5.69 Å². The van der Waals surface area contributed by atoms with Crippen LogP contribution >= 0.6 is 0 Å². The molecule has 0 amide bonds. The molecule has 0 unspecified atom stereocenters. The summed E-state index contributed by atoms with van der Waals surface area (Å²) in [4.78, 5) is 29.9. The van der Waals surface area contributed by atoms with Gasteiger partial charge in [-0.1, -0.05) is 42.5 Å². The van der Waals surface area contributed by atoms with Crippen LogP contribution in [0.2, 0.25) is 0 Å². The summed E-state index contributed by atoms with van der Waals surface area (Å²) in [5.74, 6) is 1.20. The number of para-hydroxylation sites is 1. The Bertz CT molecular complexity index is 1650. The van der Waals surface area contributed by atoms with Crippen molar-refractivity contribution in [1.29, 1.82) is 0 Å². The zero-order valence-corrected chi connectivity index (χ0v) is 24.1. The minimum Gasteiger partial charge on any atom is -0.465 e. The summed E-state index contributed by atoms with van der Waals surface area (Å²) >= 11 is 0. The third-order valence-electron chi connectivity index (χ3n) is 9.69. The van der Waals surface area contributed by atoms with E-state index in [1.54, 1.807) is 12.3 Å². The minimum absolute atomic E-state index is 0.350. The van der Waals surface area contributed by atoms with Crippen molar-refractivity contribution in [2.24, 2.45) is 5.41 Å². The van der Waals surface area contributed by atoms with E-state index in [2.05, 4.69) is 44.0 Å². The predicted molar refractivity (Wildman–Crippen MR) is 166 cm³/mol. The lowest BCUT2D eigenvalue weighted by molar-refractivity contribution is 0.0600. The molecule has 7 nitrogen and oxygen atoms in total. The number of benzene rings is 2. The van der Waals surface area contributed by atoms with Crippen LogP contribution in [0.15, 0.2) is 67.0 Å². The first-order valence-electron chi connectivity index (χ1n) is 15.0. The van der Waals surface area contributed by atoms with E-state index in [1.807, 2.05) is 30.3 Å². The molecule has 2 aliphatic heterocycles. The summed E-state index contributed by atoms with van der Waals surface area (Å²) in [7, 11) is 1.39. The Hall–Kier alpha value is -4.44. The van der Waals surface area contributed by atoms with E-state index in [1.165, 1.54) is 62.3 Å². The predicted octanol–water partition coefficient (Wildman–Crippen LogP) is 7.40. The molecule has 1 aliphatic carbocycles. The van der Waals surface area contributed by atoms with E-state index in [4.69, 9.17) is 16.3 Å². The first-order chi connectivity index (χ1) is 20.6. The van der Waals surface area contributed by atoms with Crippen molar-refractivity contribution in [2.75, 3.05) is 43.1 Å². The number of carbonyl (C=O) groups is 1. The fourth-order valence-electron chi connectivity index (χ4n) is 6.98. The number of hydrogen-bond donors (Lipinski definition) is 0. The number of methoxy groups -OCH3 is 1. The van der Waals surface area contributed by atoms with Crippen LogP contribution in [0.1, 0.15) is 60.4 Å². The van der Waals surface area contributed by atoms with Crippen molar-refractivity contribution >= 4 is 34.1 Å². The van der Waals surface area contributed by atoms with Crippen LogP contribution in [0.3, 0.4) is 0 Å². The molecule has 3 aliphatic rings. The fourth-order valence-corrected chi connectivity index (χ4v) is 6.98. The lowest BCUT2D eigenvalue weighted by Gasteiger charge is -2.48. The number of piperidine rings is 2. The van der Waals surface area contributed by atoms with Crippen LogP contribution < -0.4 is 9.80 Å². The Labute approximate surface area is 247 Å². The van der Waals surface area contributed by atoms with Gasteiger partial charge in [0.05, 0.1) is 36.6 Å². The maximum absolute atomic E-state index is 11.8. The summed E-state index contributed by atoms with van der Waals surface area (Å²) in [6.07, 6.45) is 11.0. The Morgan fingerprint density at radius 1 is 0.905 bits per heavy atom. The standard InChI is InChI=1S/C35H35N5O2/c1-36-27-11-8-24(9-12-27)28-4-3-5-29-32(25-6-7-25)30(23-38-33(28)29)39-18-14-35(15-19-39)16-20-40(21-17-35)31-13-10-26(22-37-31)34(41)42-2/h3-5,8-13,22-23,25H,6-7,14-21H2,2H3. The van der Waals surface area contributed by atoms with Gasteiger partial charge in [0, 0.05) is 43.3 Å². The van der Waals surface area contributed by atoms with E-state index in [9.17, 15) is 4.79 Å². The Morgan fingerprint density at radius 3 is 2.24 bits per heavy atom. The number of pyridine rings is 2. The number of fused-ring (bicyclic) bond motifs is 1. The van der Waals surface area contributed by atoms with Crippen LogP contribution in [0.5, 0.6) is 0 Å². The average Bonchev–Trinajstić information content (AvgIpc) is 3.90. The Balaban J connectivity index is 1.07. The van der Waals surface area contributed by atoms with Gasteiger partial charge in [0.25, 0.3) is 0 Å². The third-order valence-corrected chi connectivity index (χ3v) is 9.69. The van der Waals surface area contributed by atoms with Crippen molar-refractivity contribution in [3.8, 4) is 11.1 Å². The van der Waals surface area contributed by atoms with Crippen LogP contribution in [-0.2, 0) is 4.74 Å². The number of anilines is 2. The number of hydrogen-bond acceptors (Lipinski definition) is 6. The average molecular weight is 558 g/mol. The molecule has 7 rings (SSSR count). The van der Waals surface area contributed by atoms with E-state index in [-0.39, 0.29) is 5.97 Å². The highest BCUT2D eigenvalue weighted by atomic mass is 16.5. The number of carbonyl (C=O) groups excluding carboxylic acids is 1. The highest BCUT2D eigenvalue weighted by Crippen LogP contribution is 2.50. The molecule has 7 heteroatoms. The first kappa shape index (κ1) is 26.5. The smallest absolute Gasteiger partial charge is 0.339 e. The lowest BCUT2D eigenvalue weighted by Crippen LogP contribution is -2.47. The van der Waals surface area contributed by atoms with Gasteiger partial charge in [-0.25, -0.2) is 14.6 Å². The maximum Gasteiger partial charge on any atom is 0.339 e. The molecule has 0 bridgehead atoms. The van der Waals surface area contributed by atoms with Crippen molar-refractivity contribution in [3.05, 3.63) is 89.5 Å². The molecule has 1 saturated carbocycles. The summed E-state index contributed by atoms with van der Waals surface area (Å²) in [5, 5.41) is 1.28. The molecular formula is C35H35N5O2. The maximum atomic E-state index is 11.8. The molecule has 0 radical (unpaired) electrons. The molecule has 3 fully saturated rings. The van der Waals surface area contributed by atoms with Gasteiger partial charge in [-0.15, -0.1) is 0 Å². The van der Waals surface area contributed by atoms with E-state index in [0.29, 0.717) is 22.6 Å². The summed E-state index contributed by atoms with van der Waals surface area (Å²) in [6.45, 7) is 11.4. The number of nitrogens with zero attached hydrogens (tertiary/aromatic N) is 5. The summed E-state index contributed by atoms with van der Waals surface area (Å²) < 4.78 is 4.80. The number of ether oxygens (including phenoxy) is 1. The van der Waals surface area contributed by atoms with Crippen molar-refractivity contribution in [2.45, 2.75) is 44.4 Å². The Morgan fingerprint density at radius 2 is 1.62 bits per heavy atom. The summed E-state index contributed by atoms with van der Waals surface area (Å²) in [5.41, 5.74) is 7.64. The van der Waals surface area contributed by atoms with Gasteiger partial charge in [-0.3, -0.25) is 4.98 Å². The van der Waals surface area contributed by atoms with Gasteiger partial charge in [0.1, 0.15) is 5.82 Å². The second-order valence-corrected chi connectivity index (χ2v) is 12.1. The number of esters is 1. The van der Waals surface area contributed by atoms with Gasteiger partial charge >= 0.3 is 5.97 Å². The molecule has 0 atom stereocenters. The van der Waals surface area contributed by atoms with Crippen molar-refractivity contribution < 1.29 is 9.53 Å². The van der Waals surface area contributed by atoms with Gasteiger partial charge in [0.2, 0.25) is 0 Å². The third kappa shape index (κ3) is 4.85. The van der Waals surface area contributed by atoms with Crippen LogP contribution in [0.25, 0.3) is 26.9 Å². The zero-order valence-electron chi connectivity index (χ0n) is 24.1. The monoisotopic (exact) mass is 557 g/mol.